The summed E-state index contributed by atoms with van der Waals surface area (Å²) < 4.78 is 5.06. The summed E-state index contributed by atoms with van der Waals surface area (Å²) in [5.74, 6) is -0.688. The number of carbonyl (C=O) groups is 2. The third-order valence-corrected chi connectivity index (χ3v) is 5.67. The molecule has 0 bridgehead atoms. The summed E-state index contributed by atoms with van der Waals surface area (Å²) in [6, 6.07) is 9.42. The maximum atomic E-state index is 12.3. The van der Waals surface area contributed by atoms with Gasteiger partial charge in [-0.15, -0.1) is 11.8 Å². The van der Waals surface area contributed by atoms with E-state index in [1.54, 1.807) is 19.2 Å². The van der Waals surface area contributed by atoms with Crippen LogP contribution < -0.4 is 0 Å². The predicted molar refractivity (Wildman–Crippen MR) is 97.3 cm³/mol. The summed E-state index contributed by atoms with van der Waals surface area (Å²) in [6.45, 7) is -0.333. The van der Waals surface area contributed by atoms with Crippen molar-refractivity contribution in [2.45, 2.75) is 42.5 Å². The van der Waals surface area contributed by atoms with Crippen molar-refractivity contribution in [3.05, 3.63) is 29.3 Å². The number of hydrogen-bond acceptors (Lipinski definition) is 5. The zero-order valence-electron chi connectivity index (χ0n) is 14.2. The molecule has 0 saturated heterocycles. The van der Waals surface area contributed by atoms with E-state index in [4.69, 9.17) is 16.3 Å². The smallest absolute Gasteiger partial charge is 0.316 e. The number of rotatable bonds is 6. The first-order chi connectivity index (χ1) is 12.0. The zero-order chi connectivity index (χ0) is 18.3. The summed E-state index contributed by atoms with van der Waals surface area (Å²) in [7, 11) is 1.62. The lowest BCUT2D eigenvalue weighted by atomic mass is 9.81. The number of nitrogens with zero attached hydrogens (tertiary/aromatic N) is 2. The van der Waals surface area contributed by atoms with Gasteiger partial charge in [-0.05, 0) is 37.1 Å². The van der Waals surface area contributed by atoms with Crippen LogP contribution in [0.2, 0.25) is 5.02 Å². The van der Waals surface area contributed by atoms with E-state index in [0.717, 1.165) is 24.2 Å². The number of likely N-dealkylation sites (N-methyl/N-ethyl adjacent to an activating group) is 1. The number of hydrogen-bond donors (Lipinski definition) is 0. The Hall–Kier alpha value is -1.71. The van der Waals surface area contributed by atoms with E-state index in [1.165, 1.54) is 16.7 Å². The quantitative estimate of drug-likeness (QED) is 0.556. The number of esters is 1. The van der Waals surface area contributed by atoms with Gasteiger partial charge in [0.05, 0.1) is 11.8 Å². The fourth-order valence-corrected chi connectivity index (χ4v) is 3.67. The van der Waals surface area contributed by atoms with Gasteiger partial charge in [0.25, 0.3) is 5.91 Å². The molecule has 0 aliphatic heterocycles. The van der Waals surface area contributed by atoms with E-state index in [-0.39, 0.29) is 18.3 Å². The molecular formula is C18H21ClN2O3S. The maximum Gasteiger partial charge on any atom is 0.316 e. The summed E-state index contributed by atoms with van der Waals surface area (Å²) in [5, 5.41) is 10.1. The average molecular weight is 381 g/mol. The number of halogens is 1. The number of amides is 1. The van der Waals surface area contributed by atoms with Gasteiger partial charge in [0.15, 0.2) is 6.61 Å². The number of nitriles is 1. The Morgan fingerprint density at radius 1 is 1.28 bits per heavy atom. The molecule has 0 aromatic heterocycles. The van der Waals surface area contributed by atoms with Gasteiger partial charge in [-0.25, -0.2) is 0 Å². The van der Waals surface area contributed by atoms with Gasteiger partial charge in [0.2, 0.25) is 0 Å². The Bertz CT molecular complexity index is 651. The minimum Gasteiger partial charge on any atom is -0.455 e. The van der Waals surface area contributed by atoms with Crippen molar-refractivity contribution < 1.29 is 14.3 Å². The van der Waals surface area contributed by atoms with E-state index in [1.807, 2.05) is 12.1 Å². The molecule has 1 saturated carbocycles. The minimum atomic E-state index is -0.764. The van der Waals surface area contributed by atoms with E-state index >= 15 is 0 Å². The number of thioether (sulfide) groups is 1. The van der Waals surface area contributed by atoms with Crippen molar-refractivity contribution in [2.24, 2.45) is 0 Å². The van der Waals surface area contributed by atoms with Crippen molar-refractivity contribution >= 4 is 35.2 Å². The van der Waals surface area contributed by atoms with Gasteiger partial charge < -0.3 is 9.64 Å². The van der Waals surface area contributed by atoms with Gasteiger partial charge >= 0.3 is 5.97 Å². The maximum absolute atomic E-state index is 12.3. The topological polar surface area (TPSA) is 70.4 Å². The molecule has 1 aromatic rings. The van der Waals surface area contributed by atoms with Crippen molar-refractivity contribution in [1.29, 1.82) is 5.26 Å². The monoisotopic (exact) mass is 380 g/mol. The van der Waals surface area contributed by atoms with Crippen LogP contribution in [-0.4, -0.2) is 41.7 Å². The lowest BCUT2D eigenvalue weighted by Crippen LogP contribution is -2.51. The summed E-state index contributed by atoms with van der Waals surface area (Å²) in [4.78, 5) is 26.5. The van der Waals surface area contributed by atoms with Gasteiger partial charge in [-0.3, -0.25) is 9.59 Å². The van der Waals surface area contributed by atoms with E-state index in [2.05, 4.69) is 6.07 Å². The second-order valence-electron chi connectivity index (χ2n) is 6.06. The molecular weight excluding hydrogens is 360 g/mol. The molecule has 134 valence electrons. The lowest BCUT2D eigenvalue weighted by molar-refractivity contribution is -0.151. The van der Waals surface area contributed by atoms with Crippen molar-refractivity contribution in [3.8, 4) is 6.07 Å². The first-order valence-electron chi connectivity index (χ1n) is 8.19. The standard InChI is InChI=1S/C18H21ClN2O3S/c1-21(18(13-20)9-3-2-4-10-18)16(22)11-24-17(23)12-25-15-7-5-14(19)6-8-15/h5-8H,2-4,9-12H2,1H3. The highest BCUT2D eigenvalue weighted by Gasteiger charge is 2.38. The average Bonchev–Trinajstić information content (AvgIpc) is 2.65. The van der Waals surface area contributed by atoms with Crippen LogP contribution in [0.15, 0.2) is 29.2 Å². The third kappa shape index (κ3) is 5.38. The lowest BCUT2D eigenvalue weighted by Gasteiger charge is -2.38. The molecule has 0 unspecified atom stereocenters. The highest BCUT2D eigenvalue weighted by molar-refractivity contribution is 8.00. The van der Waals surface area contributed by atoms with Gasteiger partial charge in [0.1, 0.15) is 5.54 Å². The predicted octanol–water partition coefficient (Wildman–Crippen LogP) is 3.66. The second kappa shape index (κ2) is 9.12. The van der Waals surface area contributed by atoms with Crippen LogP contribution in [0.4, 0.5) is 0 Å². The van der Waals surface area contributed by atoms with Crippen LogP contribution >= 0.6 is 23.4 Å². The van der Waals surface area contributed by atoms with Crippen molar-refractivity contribution in [3.63, 3.8) is 0 Å². The third-order valence-electron chi connectivity index (χ3n) is 4.43. The number of ether oxygens (including phenoxy) is 1. The molecule has 0 spiro atoms. The Morgan fingerprint density at radius 3 is 2.52 bits per heavy atom. The highest BCUT2D eigenvalue weighted by Crippen LogP contribution is 2.32. The highest BCUT2D eigenvalue weighted by atomic mass is 35.5. The molecule has 7 heteroatoms. The molecule has 0 heterocycles. The molecule has 1 aliphatic rings. The van der Waals surface area contributed by atoms with E-state index in [0.29, 0.717) is 17.9 Å². The van der Waals surface area contributed by atoms with Crippen LogP contribution in [-0.2, 0) is 14.3 Å². The van der Waals surface area contributed by atoms with Crippen LogP contribution in [0.3, 0.4) is 0 Å². The molecule has 0 atom stereocenters. The zero-order valence-corrected chi connectivity index (χ0v) is 15.7. The SMILES string of the molecule is CN(C(=O)COC(=O)CSc1ccc(Cl)cc1)C1(C#N)CCCCC1. The largest absolute Gasteiger partial charge is 0.455 e. The number of benzene rings is 1. The second-order valence-corrected chi connectivity index (χ2v) is 7.55. The molecule has 1 aliphatic carbocycles. The van der Waals surface area contributed by atoms with Crippen LogP contribution in [0, 0.1) is 11.3 Å². The Labute approximate surface area is 157 Å². The fraction of sp³-hybridized carbons (Fsp3) is 0.500. The normalized spacial score (nSPS) is 15.9. The Kier molecular flexibility index (Phi) is 7.15. The molecule has 25 heavy (non-hydrogen) atoms. The summed E-state index contributed by atoms with van der Waals surface area (Å²) >= 11 is 7.13. The summed E-state index contributed by atoms with van der Waals surface area (Å²) in [5.41, 5.74) is -0.764. The molecule has 1 aromatic carbocycles. The molecule has 5 nitrogen and oxygen atoms in total. The van der Waals surface area contributed by atoms with Crippen LogP contribution in [0.5, 0.6) is 0 Å². The van der Waals surface area contributed by atoms with Gasteiger partial charge in [0, 0.05) is 17.0 Å². The van der Waals surface area contributed by atoms with Crippen LogP contribution in [0.25, 0.3) is 0 Å². The first kappa shape index (κ1) is 19.6. The molecule has 2 rings (SSSR count). The summed E-state index contributed by atoms with van der Waals surface area (Å²) in [6.07, 6.45) is 4.30. The van der Waals surface area contributed by atoms with E-state index < -0.39 is 11.5 Å². The van der Waals surface area contributed by atoms with E-state index in [9.17, 15) is 14.9 Å². The van der Waals surface area contributed by atoms with Gasteiger partial charge in [-0.2, -0.15) is 5.26 Å². The molecule has 1 amide bonds. The van der Waals surface area contributed by atoms with Crippen molar-refractivity contribution in [1.82, 2.24) is 4.90 Å². The Morgan fingerprint density at radius 2 is 1.92 bits per heavy atom. The fourth-order valence-electron chi connectivity index (χ4n) is 2.85. The molecule has 1 fully saturated rings. The van der Waals surface area contributed by atoms with Gasteiger partial charge in [-0.1, -0.05) is 30.9 Å². The molecule has 0 radical (unpaired) electrons. The van der Waals surface area contributed by atoms with Crippen molar-refractivity contribution in [2.75, 3.05) is 19.4 Å². The first-order valence-corrected chi connectivity index (χ1v) is 9.55. The minimum absolute atomic E-state index is 0.113. The Balaban J connectivity index is 1.79. The number of carbonyl (C=O) groups excluding carboxylic acids is 2. The molecule has 0 N–H and O–H groups in total. The van der Waals surface area contributed by atoms with Crippen LogP contribution in [0.1, 0.15) is 32.1 Å².